The minimum atomic E-state index is 0.129. The third kappa shape index (κ3) is 3.46. The Kier molecular flexibility index (Phi) is 5.04. The highest BCUT2D eigenvalue weighted by molar-refractivity contribution is 5.95. The Morgan fingerprint density at radius 2 is 2.10 bits per heavy atom. The lowest BCUT2D eigenvalue weighted by atomic mass is 9.78. The summed E-state index contributed by atoms with van der Waals surface area (Å²) in [6, 6.07) is 0. The van der Waals surface area contributed by atoms with E-state index in [9.17, 15) is 4.79 Å². The molecule has 118 valence electrons. The van der Waals surface area contributed by atoms with Gasteiger partial charge < -0.3 is 10.6 Å². The normalized spacial score (nSPS) is 18.0. The van der Waals surface area contributed by atoms with Crippen molar-refractivity contribution in [1.82, 2.24) is 14.7 Å². The highest BCUT2D eigenvalue weighted by atomic mass is 16.2. The van der Waals surface area contributed by atoms with Crippen LogP contribution in [-0.4, -0.2) is 40.2 Å². The van der Waals surface area contributed by atoms with E-state index in [1.54, 1.807) is 6.20 Å². The fraction of sp³-hybridized carbons (Fsp3) is 0.750. The van der Waals surface area contributed by atoms with Gasteiger partial charge in [-0.3, -0.25) is 9.48 Å². The van der Waals surface area contributed by atoms with Gasteiger partial charge in [-0.05, 0) is 38.1 Å². The van der Waals surface area contributed by atoms with Crippen LogP contribution in [0, 0.1) is 12.3 Å². The fourth-order valence-corrected chi connectivity index (χ4v) is 2.90. The maximum Gasteiger partial charge on any atom is 0.257 e. The van der Waals surface area contributed by atoms with Crippen molar-refractivity contribution in [3.8, 4) is 0 Å². The highest BCUT2D eigenvalue weighted by Crippen LogP contribution is 2.34. The summed E-state index contributed by atoms with van der Waals surface area (Å²) in [7, 11) is 0. The zero-order chi connectivity index (χ0) is 15.5. The fourth-order valence-electron chi connectivity index (χ4n) is 2.90. The second kappa shape index (κ2) is 6.60. The summed E-state index contributed by atoms with van der Waals surface area (Å²) in [5, 5.41) is 4.33. The topological polar surface area (TPSA) is 64.2 Å². The maximum atomic E-state index is 12.7. The molecular formula is C16H28N4O. The number of nitrogens with zero attached hydrogens (tertiary/aromatic N) is 3. The van der Waals surface area contributed by atoms with E-state index in [4.69, 9.17) is 5.73 Å². The number of hydrogen-bond donors (Lipinski definition) is 1. The zero-order valence-electron chi connectivity index (χ0n) is 13.6. The summed E-state index contributed by atoms with van der Waals surface area (Å²) in [6.45, 7) is 9.67. The smallest absolute Gasteiger partial charge is 0.257 e. The minimum Gasteiger partial charge on any atom is -0.339 e. The molecule has 0 spiro atoms. The molecule has 0 aliphatic carbocycles. The summed E-state index contributed by atoms with van der Waals surface area (Å²) < 4.78 is 1.89. The van der Waals surface area contributed by atoms with Gasteiger partial charge in [-0.1, -0.05) is 20.3 Å². The van der Waals surface area contributed by atoms with Gasteiger partial charge in [0.15, 0.2) is 0 Å². The first-order chi connectivity index (χ1) is 10.0. The van der Waals surface area contributed by atoms with E-state index < -0.39 is 0 Å². The highest BCUT2D eigenvalue weighted by Gasteiger charge is 2.31. The summed E-state index contributed by atoms with van der Waals surface area (Å²) in [5.74, 6) is 0.129. The van der Waals surface area contributed by atoms with E-state index >= 15 is 0 Å². The van der Waals surface area contributed by atoms with Gasteiger partial charge in [0.2, 0.25) is 0 Å². The standard InChI is InChI=1S/C16H28N4O/c1-4-16(3)6-10-19(11-7-16)15(21)14-12-18-20(13(14)2)9-5-8-17/h12H,4-11,17H2,1-3H3. The molecule has 1 aromatic heterocycles. The molecular weight excluding hydrogens is 264 g/mol. The Hall–Kier alpha value is -1.36. The molecule has 5 heteroatoms. The average molecular weight is 292 g/mol. The third-order valence-electron chi connectivity index (χ3n) is 5.02. The summed E-state index contributed by atoms with van der Waals surface area (Å²) in [5.41, 5.74) is 7.63. The molecule has 1 amide bonds. The predicted molar refractivity (Wildman–Crippen MR) is 84.2 cm³/mol. The molecule has 1 saturated heterocycles. The van der Waals surface area contributed by atoms with Gasteiger partial charge in [-0.15, -0.1) is 0 Å². The molecule has 1 fully saturated rings. The lowest BCUT2D eigenvalue weighted by molar-refractivity contribution is 0.0599. The number of carbonyl (C=O) groups excluding carboxylic acids is 1. The first-order valence-corrected chi connectivity index (χ1v) is 8.02. The van der Waals surface area contributed by atoms with Crippen LogP contribution in [0.1, 0.15) is 55.6 Å². The Morgan fingerprint density at radius 3 is 2.67 bits per heavy atom. The number of likely N-dealkylation sites (tertiary alicyclic amines) is 1. The van der Waals surface area contributed by atoms with Gasteiger partial charge >= 0.3 is 0 Å². The van der Waals surface area contributed by atoms with Crippen LogP contribution in [0.25, 0.3) is 0 Å². The number of amides is 1. The lowest BCUT2D eigenvalue weighted by Crippen LogP contribution is -2.42. The van der Waals surface area contributed by atoms with Gasteiger partial charge in [0, 0.05) is 25.3 Å². The Morgan fingerprint density at radius 1 is 1.43 bits per heavy atom. The van der Waals surface area contributed by atoms with Crippen LogP contribution in [0.3, 0.4) is 0 Å². The van der Waals surface area contributed by atoms with Crippen LogP contribution in [0.15, 0.2) is 6.20 Å². The van der Waals surface area contributed by atoms with Crippen molar-refractivity contribution in [1.29, 1.82) is 0 Å². The molecule has 1 aliphatic rings. The van der Waals surface area contributed by atoms with Crippen LogP contribution in [-0.2, 0) is 6.54 Å². The second-order valence-electron chi connectivity index (χ2n) is 6.47. The molecule has 2 N–H and O–H groups in total. The number of aryl methyl sites for hydroxylation is 1. The molecule has 0 saturated carbocycles. The molecule has 21 heavy (non-hydrogen) atoms. The third-order valence-corrected chi connectivity index (χ3v) is 5.02. The first kappa shape index (κ1) is 16.0. The number of nitrogens with two attached hydrogens (primary N) is 1. The Bertz CT molecular complexity index is 486. The van der Waals surface area contributed by atoms with Crippen LogP contribution in [0.5, 0.6) is 0 Å². The second-order valence-corrected chi connectivity index (χ2v) is 6.47. The van der Waals surface area contributed by atoms with Crippen molar-refractivity contribution >= 4 is 5.91 Å². The number of aromatic nitrogens is 2. The summed E-state index contributed by atoms with van der Waals surface area (Å²) in [6.07, 6.45) is 5.97. The van der Waals surface area contributed by atoms with Crippen molar-refractivity contribution in [2.45, 2.75) is 53.0 Å². The lowest BCUT2D eigenvalue weighted by Gasteiger charge is -2.38. The van der Waals surface area contributed by atoms with Crippen LogP contribution in [0.4, 0.5) is 0 Å². The monoisotopic (exact) mass is 292 g/mol. The molecule has 0 atom stereocenters. The van der Waals surface area contributed by atoms with Gasteiger partial charge in [0.1, 0.15) is 0 Å². The number of carbonyl (C=O) groups is 1. The largest absolute Gasteiger partial charge is 0.339 e. The number of rotatable bonds is 5. The number of piperidine rings is 1. The molecule has 2 rings (SSSR count). The molecule has 5 nitrogen and oxygen atoms in total. The molecule has 2 heterocycles. The quantitative estimate of drug-likeness (QED) is 0.905. The summed E-state index contributed by atoms with van der Waals surface area (Å²) in [4.78, 5) is 14.6. The molecule has 0 unspecified atom stereocenters. The minimum absolute atomic E-state index is 0.129. The predicted octanol–water partition coefficient (Wildman–Crippen LogP) is 2.19. The molecule has 1 aromatic rings. The van der Waals surface area contributed by atoms with E-state index in [0.717, 1.165) is 50.2 Å². The Balaban J connectivity index is 2.03. The number of hydrogen-bond acceptors (Lipinski definition) is 3. The van der Waals surface area contributed by atoms with E-state index in [1.165, 1.54) is 6.42 Å². The summed E-state index contributed by atoms with van der Waals surface area (Å²) >= 11 is 0. The van der Waals surface area contributed by atoms with Crippen LogP contribution < -0.4 is 5.73 Å². The molecule has 0 bridgehead atoms. The average Bonchev–Trinajstić information content (AvgIpc) is 2.86. The van der Waals surface area contributed by atoms with E-state index in [1.807, 2.05) is 16.5 Å². The SMILES string of the molecule is CCC1(C)CCN(C(=O)c2cnn(CCCN)c2C)CC1. The first-order valence-electron chi connectivity index (χ1n) is 8.02. The Labute approximate surface area is 127 Å². The van der Waals surface area contributed by atoms with Crippen molar-refractivity contribution in [2.75, 3.05) is 19.6 Å². The van der Waals surface area contributed by atoms with Crippen molar-refractivity contribution < 1.29 is 4.79 Å². The molecule has 1 aliphatic heterocycles. The van der Waals surface area contributed by atoms with Gasteiger partial charge in [0.05, 0.1) is 11.8 Å². The van der Waals surface area contributed by atoms with E-state index in [-0.39, 0.29) is 5.91 Å². The van der Waals surface area contributed by atoms with Crippen molar-refractivity contribution in [2.24, 2.45) is 11.1 Å². The molecule has 0 radical (unpaired) electrons. The zero-order valence-corrected chi connectivity index (χ0v) is 13.6. The van der Waals surface area contributed by atoms with Gasteiger partial charge in [-0.2, -0.15) is 5.10 Å². The van der Waals surface area contributed by atoms with Crippen molar-refractivity contribution in [3.63, 3.8) is 0 Å². The van der Waals surface area contributed by atoms with Crippen LogP contribution >= 0.6 is 0 Å². The van der Waals surface area contributed by atoms with Crippen molar-refractivity contribution in [3.05, 3.63) is 17.5 Å². The van der Waals surface area contributed by atoms with Crippen LogP contribution in [0.2, 0.25) is 0 Å². The van der Waals surface area contributed by atoms with E-state index in [2.05, 4.69) is 18.9 Å². The van der Waals surface area contributed by atoms with E-state index in [0.29, 0.717) is 12.0 Å². The maximum absolute atomic E-state index is 12.7. The molecule has 0 aromatic carbocycles. The van der Waals surface area contributed by atoms with Gasteiger partial charge in [-0.25, -0.2) is 0 Å². The van der Waals surface area contributed by atoms with Gasteiger partial charge in [0.25, 0.3) is 5.91 Å².